The van der Waals surface area contributed by atoms with E-state index in [4.69, 9.17) is 9.47 Å². The molecular weight excluding hydrogens is 192 g/mol. The van der Waals surface area contributed by atoms with Gasteiger partial charge in [-0.05, 0) is 19.9 Å². The van der Waals surface area contributed by atoms with Gasteiger partial charge in [0.25, 0.3) is 0 Å². The van der Waals surface area contributed by atoms with Gasteiger partial charge in [-0.1, -0.05) is 18.2 Å². The Balaban J connectivity index is 2.48. The summed E-state index contributed by atoms with van der Waals surface area (Å²) < 4.78 is 10.5. The maximum atomic E-state index is 11.7. The Labute approximate surface area is 89.0 Å². The van der Waals surface area contributed by atoms with E-state index >= 15 is 0 Å². The molecule has 0 saturated heterocycles. The van der Waals surface area contributed by atoms with Gasteiger partial charge in [0.2, 0.25) is 0 Å². The van der Waals surface area contributed by atoms with E-state index in [-0.39, 0.29) is 11.9 Å². The molecule has 0 unspecified atom stereocenters. The SMILES string of the molecule is COC(=O)[C@H]1c2ccccc2OC1(C)C. The predicted octanol–water partition coefficient (Wildman–Crippen LogP) is 2.11. The first-order valence-electron chi connectivity index (χ1n) is 4.92. The fraction of sp³-hybridized carbons (Fsp3) is 0.417. The first-order chi connectivity index (χ1) is 7.06. The Morgan fingerprint density at radius 3 is 2.73 bits per heavy atom. The summed E-state index contributed by atoms with van der Waals surface area (Å²) in [4.78, 5) is 11.7. The van der Waals surface area contributed by atoms with Gasteiger partial charge >= 0.3 is 5.97 Å². The maximum absolute atomic E-state index is 11.7. The van der Waals surface area contributed by atoms with E-state index < -0.39 is 5.60 Å². The molecule has 0 spiro atoms. The summed E-state index contributed by atoms with van der Waals surface area (Å²) in [6, 6.07) is 7.58. The minimum Gasteiger partial charge on any atom is -0.486 e. The standard InChI is InChI=1S/C12H14O3/c1-12(2)10(11(13)14-3)8-6-4-5-7-9(8)15-12/h4-7,10H,1-3H3/t10-/m1/s1. The van der Waals surface area contributed by atoms with Crippen LogP contribution in [-0.4, -0.2) is 18.7 Å². The molecule has 80 valence electrons. The lowest BCUT2D eigenvalue weighted by Crippen LogP contribution is -2.35. The van der Waals surface area contributed by atoms with Crippen LogP contribution in [0.2, 0.25) is 0 Å². The molecule has 15 heavy (non-hydrogen) atoms. The molecule has 0 amide bonds. The molecule has 1 aromatic rings. The maximum Gasteiger partial charge on any atom is 0.317 e. The van der Waals surface area contributed by atoms with Crippen molar-refractivity contribution >= 4 is 5.97 Å². The van der Waals surface area contributed by atoms with Gasteiger partial charge in [-0.15, -0.1) is 0 Å². The Hall–Kier alpha value is -1.51. The monoisotopic (exact) mass is 206 g/mol. The number of fused-ring (bicyclic) bond motifs is 1. The van der Waals surface area contributed by atoms with Crippen molar-refractivity contribution in [2.75, 3.05) is 7.11 Å². The number of methoxy groups -OCH3 is 1. The zero-order valence-corrected chi connectivity index (χ0v) is 9.11. The van der Waals surface area contributed by atoms with E-state index in [1.54, 1.807) is 0 Å². The first-order valence-corrected chi connectivity index (χ1v) is 4.92. The highest BCUT2D eigenvalue weighted by Gasteiger charge is 2.46. The molecule has 0 bridgehead atoms. The van der Waals surface area contributed by atoms with Crippen molar-refractivity contribution in [2.24, 2.45) is 0 Å². The van der Waals surface area contributed by atoms with Gasteiger partial charge < -0.3 is 9.47 Å². The molecule has 0 aliphatic carbocycles. The van der Waals surface area contributed by atoms with Gasteiger partial charge in [0.1, 0.15) is 17.3 Å². The number of hydrogen-bond acceptors (Lipinski definition) is 3. The van der Waals surface area contributed by atoms with Crippen molar-refractivity contribution < 1.29 is 14.3 Å². The highest BCUT2D eigenvalue weighted by Crippen LogP contribution is 2.44. The molecule has 0 fully saturated rings. The van der Waals surface area contributed by atoms with Crippen LogP contribution in [-0.2, 0) is 9.53 Å². The number of carbonyl (C=O) groups is 1. The van der Waals surface area contributed by atoms with Crippen molar-refractivity contribution in [3.63, 3.8) is 0 Å². The van der Waals surface area contributed by atoms with Crippen molar-refractivity contribution in [2.45, 2.75) is 25.4 Å². The van der Waals surface area contributed by atoms with Crippen molar-refractivity contribution in [1.82, 2.24) is 0 Å². The molecule has 0 aromatic heterocycles. The largest absolute Gasteiger partial charge is 0.486 e. The molecule has 1 aliphatic rings. The molecule has 0 saturated carbocycles. The van der Waals surface area contributed by atoms with E-state index in [0.29, 0.717) is 0 Å². The normalized spacial score (nSPS) is 21.7. The Bertz CT molecular complexity index is 396. The minimum absolute atomic E-state index is 0.245. The highest BCUT2D eigenvalue weighted by atomic mass is 16.5. The van der Waals surface area contributed by atoms with E-state index in [0.717, 1.165) is 11.3 Å². The average molecular weight is 206 g/mol. The number of esters is 1. The molecule has 1 aliphatic heterocycles. The second-order valence-corrected chi connectivity index (χ2v) is 4.20. The lowest BCUT2D eigenvalue weighted by Gasteiger charge is -2.24. The number of rotatable bonds is 1. The zero-order chi connectivity index (χ0) is 11.1. The second-order valence-electron chi connectivity index (χ2n) is 4.20. The van der Waals surface area contributed by atoms with Crippen LogP contribution in [0.3, 0.4) is 0 Å². The smallest absolute Gasteiger partial charge is 0.317 e. The Morgan fingerprint density at radius 1 is 1.40 bits per heavy atom. The molecule has 1 heterocycles. The number of carbonyl (C=O) groups excluding carboxylic acids is 1. The van der Waals surface area contributed by atoms with Crippen LogP contribution in [0.5, 0.6) is 5.75 Å². The second kappa shape index (κ2) is 3.26. The van der Waals surface area contributed by atoms with Crippen LogP contribution >= 0.6 is 0 Å². The molecular formula is C12H14O3. The van der Waals surface area contributed by atoms with Crippen molar-refractivity contribution in [3.05, 3.63) is 29.8 Å². The molecule has 0 N–H and O–H groups in total. The van der Waals surface area contributed by atoms with Crippen molar-refractivity contribution in [3.8, 4) is 5.75 Å². The third kappa shape index (κ3) is 1.48. The van der Waals surface area contributed by atoms with Gasteiger partial charge in [0.05, 0.1) is 7.11 Å². The Morgan fingerprint density at radius 2 is 2.07 bits per heavy atom. The molecule has 2 rings (SSSR count). The molecule has 3 nitrogen and oxygen atoms in total. The van der Waals surface area contributed by atoms with E-state index in [1.165, 1.54) is 7.11 Å². The highest BCUT2D eigenvalue weighted by molar-refractivity contribution is 5.82. The summed E-state index contributed by atoms with van der Waals surface area (Å²) in [6.07, 6.45) is 0. The van der Waals surface area contributed by atoms with Crippen LogP contribution in [0.4, 0.5) is 0 Å². The van der Waals surface area contributed by atoms with Crippen molar-refractivity contribution in [1.29, 1.82) is 0 Å². The summed E-state index contributed by atoms with van der Waals surface area (Å²) in [5, 5.41) is 0. The first kappa shape index (κ1) is 10.0. The lowest BCUT2D eigenvalue weighted by molar-refractivity contribution is -0.145. The average Bonchev–Trinajstić information content (AvgIpc) is 2.46. The zero-order valence-electron chi connectivity index (χ0n) is 9.11. The fourth-order valence-electron chi connectivity index (χ4n) is 2.06. The van der Waals surface area contributed by atoms with Crippen LogP contribution in [0.1, 0.15) is 25.3 Å². The van der Waals surface area contributed by atoms with Gasteiger partial charge in [0.15, 0.2) is 0 Å². The summed E-state index contributed by atoms with van der Waals surface area (Å²) in [5.74, 6) is 0.196. The number of para-hydroxylation sites is 1. The molecule has 3 heteroatoms. The van der Waals surface area contributed by atoms with E-state index in [9.17, 15) is 4.79 Å². The van der Waals surface area contributed by atoms with E-state index in [1.807, 2.05) is 38.1 Å². The van der Waals surface area contributed by atoms with E-state index in [2.05, 4.69) is 0 Å². The summed E-state index contributed by atoms with van der Waals surface area (Å²) in [7, 11) is 1.40. The number of benzene rings is 1. The molecule has 0 radical (unpaired) electrons. The lowest BCUT2D eigenvalue weighted by atomic mass is 9.87. The topological polar surface area (TPSA) is 35.5 Å². The summed E-state index contributed by atoms with van der Waals surface area (Å²) in [5.41, 5.74) is 0.380. The molecule has 1 atom stereocenters. The number of ether oxygens (including phenoxy) is 2. The predicted molar refractivity (Wildman–Crippen MR) is 55.9 cm³/mol. The third-order valence-corrected chi connectivity index (χ3v) is 2.74. The number of hydrogen-bond donors (Lipinski definition) is 0. The Kier molecular flexibility index (Phi) is 2.18. The van der Waals surface area contributed by atoms with Crippen LogP contribution in [0.25, 0.3) is 0 Å². The van der Waals surface area contributed by atoms with Crippen LogP contribution < -0.4 is 4.74 Å². The van der Waals surface area contributed by atoms with Crippen LogP contribution in [0.15, 0.2) is 24.3 Å². The van der Waals surface area contributed by atoms with Gasteiger partial charge in [0, 0.05) is 5.56 Å². The minimum atomic E-state index is -0.531. The molecule has 1 aromatic carbocycles. The summed E-state index contributed by atoms with van der Waals surface area (Å²) >= 11 is 0. The fourth-order valence-corrected chi connectivity index (χ4v) is 2.06. The quantitative estimate of drug-likeness (QED) is 0.660. The van der Waals surface area contributed by atoms with Gasteiger partial charge in [-0.25, -0.2) is 0 Å². The third-order valence-electron chi connectivity index (χ3n) is 2.74. The van der Waals surface area contributed by atoms with Crippen LogP contribution in [0, 0.1) is 0 Å². The van der Waals surface area contributed by atoms with Gasteiger partial charge in [-0.3, -0.25) is 4.79 Å². The van der Waals surface area contributed by atoms with Gasteiger partial charge in [-0.2, -0.15) is 0 Å². The summed E-state index contributed by atoms with van der Waals surface area (Å²) in [6.45, 7) is 3.79.